The number of carbonyl (C=O) groups excluding carboxylic acids is 2. The van der Waals surface area contributed by atoms with Crippen molar-refractivity contribution in [2.75, 3.05) is 26.7 Å². The highest BCUT2D eigenvalue weighted by molar-refractivity contribution is 7.12. The smallest absolute Gasteiger partial charge is 0.263 e. The monoisotopic (exact) mass is 426 g/mol. The first-order valence-electron chi connectivity index (χ1n) is 10.9. The van der Waals surface area contributed by atoms with Gasteiger partial charge in [-0.25, -0.2) is 0 Å². The van der Waals surface area contributed by atoms with Gasteiger partial charge < -0.3 is 14.5 Å². The zero-order valence-corrected chi connectivity index (χ0v) is 18.4. The predicted octanol–water partition coefficient (Wildman–Crippen LogP) is 4.75. The first-order valence-corrected chi connectivity index (χ1v) is 11.8. The van der Waals surface area contributed by atoms with Crippen LogP contribution in [-0.2, 0) is 4.79 Å². The van der Waals surface area contributed by atoms with Crippen LogP contribution in [0, 0.1) is 5.92 Å². The van der Waals surface area contributed by atoms with Crippen LogP contribution in [-0.4, -0.2) is 48.4 Å². The van der Waals surface area contributed by atoms with Gasteiger partial charge in [-0.05, 0) is 54.8 Å². The number of thiophene rings is 1. The Hall–Kier alpha value is -2.34. The molecule has 0 N–H and O–H groups in total. The molecule has 6 heteroatoms. The van der Waals surface area contributed by atoms with Crippen LogP contribution in [0.1, 0.15) is 59.8 Å². The minimum atomic E-state index is 0.0104. The van der Waals surface area contributed by atoms with Gasteiger partial charge in [-0.1, -0.05) is 31.0 Å². The van der Waals surface area contributed by atoms with Gasteiger partial charge in [0.05, 0.1) is 18.0 Å². The molecule has 2 saturated heterocycles. The van der Waals surface area contributed by atoms with Crippen LogP contribution in [0.25, 0.3) is 0 Å². The molecule has 3 heterocycles. The lowest BCUT2D eigenvalue weighted by molar-refractivity contribution is -0.139. The molecule has 2 aliphatic heterocycles. The summed E-state index contributed by atoms with van der Waals surface area (Å²) in [5.74, 6) is 1.21. The van der Waals surface area contributed by atoms with E-state index in [4.69, 9.17) is 4.74 Å². The lowest BCUT2D eigenvalue weighted by Crippen LogP contribution is -2.45. The topological polar surface area (TPSA) is 49.9 Å². The molecule has 1 atom stereocenters. The molecule has 5 nitrogen and oxygen atoms in total. The molecule has 2 fully saturated rings. The molecule has 4 rings (SSSR count). The Morgan fingerprint density at radius 3 is 2.40 bits per heavy atom. The Balaban J connectivity index is 1.43. The van der Waals surface area contributed by atoms with E-state index in [1.54, 1.807) is 7.11 Å². The predicted molar refractivity (Wildman–Crippen MR) is 119 cm³/mol. The number of benzene rings is 1. The van der Waals surface area contributed by atoms with Gasteiger partial charge in [0.2, 0.25) is 5.91 Å². The maximum absolute atomic E-state index is 13.5. The number of likely N-dealkylation sites (tertiary alicyclic amines) is 2. The standard InChI is InChI=1S/C24H30N2O3S/c1-29-20-10-8-18(9-11-20)21-6-3-2-4-14-26(21)23(27)19-12-15-25(16-13-19)24(28)22-7-5-17-30-22/h5,7-11,17,19,21H,2-4,6,12-16H2,1H3/t21-/m0/s1. The van der Waals surface area contributed by atoms with Crippen molar-refractivity contribution in [3.63, 3.8) is 0 Å². The van der Waals surface area contributed by atoms with E-state index in [9.17, 15) is 9.59 Å². The summed E-state index contributed by atoms with van der Waals surface area (Å²) in [4.78, 5) is 30.9. The average molecular weight is 427 g/mol. The molecule has 0 bridgehead atoms. The fourth-order valence-electron chi connectivity index (χ4n) is 4.66. The van der Waals surface area contributed by atoms with Crippen LogP contribution >= 0.6 is 11.3 Å². The van der Waals surface area contributed by atoms with E-state index in [-0.39, 0.29) is 23.8 Å². The van der Waals surface area contributed by atoms with E-state index in [1.807, 2.05) is 34.5 Å². The van der Waals surface area contributed by atoms with Crippen molar-refractivity contribution < 1.29 is 14.3 Å². The van der Waals surface area contributed by atoms with Crippen LogP contribution < -0.4 is 4.74 Å². The minimum Gasteiger partial charge on any atom is -0.497 e. The van der Waals surface area contributed by atoms with E-state index in [2.05, 4.69) is 17.0 Å². The highest BCUT2D eigenvalue weighted by Gasteiger charge is 2.34. The highest BCUT2D eigenvalue weighted by atomic mass is 32.1. The maximum atomic E-state index is 13.5. The SMILES string of the molecule is COc1ccc([C@@H]2CCCCCN2C(=O)C2CCN(C(=O)c3cccs3)CC2)cc1. The molecule has 0 unspecified atom stereocenters. The van der Waals surface area contributed by atoms with E-state index in [0.717, 1.165) is 49.3 Å². The summed E-state index contributed by atoms with van der Waals surface area (Å²) in [6.07, 6.45) is 5.89. The van der Waals surface area contributed by atoms with Crippen LogP contribution in [0.5, 0.6) is 5.75 Å². The number of ether oxygens (including phenoxy) is 1. The largest absolute Gasteiger partial charge is 0.497 e. The summed E-state index contributed by atoms with van der Waals surface area (Å²) in [6, 6.07) is 12.1. The van der Waals surface area contributed by atoms with Gasteiger partial charge in [-0.15, -0.1) is 11.3 Å². The summed E-state index contributed by atoms with van der Waals surface area (Å²) < 4.78 is 5.29. The zero-order chi connectivity index (χ0) is 20.9. The van der Waals surface area contributed by atoms with Gasteiger partial charge in [-0.3, -0.25) is 9.59 Å². The number of carbonyl (C=O) groups is 2. The summed E-state index contributed by atoms with van der Waals surface area (Å²) in [5, 5.41) is 1.93. The van der Waals surface area contributed by atoms with Crippen LogP contribution in [0.15, 0.2) is 41.8 Å². The molecule has 0 radical (unpaired) electrons. The van der Waals surface area contributed by atoms with Crippen molar-refractivity contribution in [2.45, 2.75) is 44.6 Å². The Kier molecular flexibility index (Phi) is 6.72. The van der Waals surface area contributed by atoms with Crippen molar-refractivity contribution in [3.8, 4) is 5.75 Å². The molecule has 1 aromatic heterocycles. The molecule has 0 spiro atoms. The van der Waals surface area contributed by atoms with E-state index < -0.39 is 0 Å². The average Bonchev–Trinajstić information content (AvgIpc) is 3.23. The highest BCUT2D eigenvalue weighted by Crippen LogP contribution is 2.34. The lowest BCUT2D eigenvalue weighted by atomic mass is 9.93. The van der Waals surface area contributed by atoms with Crippen LogP contribution in [0.2, 0.25) is 0 Å². The molecule has 1 aromatic carbocycles. The lowest BCUT2D eigenvalue weighted by Gasteiger charge is -2.37. The number of rotatable bonds is 4. The van der Waals surface area contributed by atoms with Crippen molar-refractivity contribution in [3.05, 3.63) is 52.2 Å². The van der Waals surface area contributed by atoms with Gasteiger partial charge in [0, 0.05) is 25.6 Å². The van der Waals surface area contributed by atoms with Crippen molar-refractivity contribution in [2.24, 2.45) is 5.92 Å². The van der Waals surface area contributed by atoms with E-state index in [1.165, 1.54) is 23.3 Å². The van der Waals surface area contributed by atoms with Crippen LogP contribution in [0.4, 0.5) is 0 Å². The molecule has 2 aromatic rings. The van der Waals surface area contributed by atoms with Crippen molar-refractivity contribution >= 4 is 23.2 Å². The second-order valence-electron chi connectivity index (χ2n) is 8.21. The molecule has 0 saturated carbocycles. The minimum absolute atomic E-state index is 0.0104. The normalized spacial score (nSPS) is 20.6. The Morgan fingerprint density at radius 1 is 0.967 bits per heavy atom. The van der Waals surface area contributed by atoms with Gasteiger partial charge in [0.15, 0.2) is 0 Å². The number of hydrogen-bond donors (Lipinski definition) is 0. The maximum Gasteiger partial charge on any atom is 0.263 e. The molecular formula is C24H30N2O3S. The molecular weight excluding hydrogens is 396 g/mol. The Bertz CT molecular complexity index is 842. The molecule has 30 heavy (non-hydrogen) atoms. The van der Waals surface area contributed by atoms with Crippen molar-refractivity contribution in [1.29, 1.82) is 0 Å². The van der Waals surface area contributed by atoms with Gasteiger partial charge in [0.25, 0.3) is 5.91 Å². The van der Waals surface area contributed by atoms with Crippen LogP contribution in [0.3, 0.4) is 0 Å². The number of nitrogens with zero attached hydrogens (tertiary/aromatic N) is 2. The number of amides is 2. The van der Waals surface area contributed by atoms with Gasteiger partial charge in [-0.2, -0.15) is 0 Å². The second-order valence-corrected chi connectivity index (χ2v) is 9.16. The molecule has 2 aliphatic rings. The fraction of sp³-hybridized carbons (Fsp3) is 0.500. The van der Waals surface area contributed by atoms with E-state index in [0.29, 0.717) is 13.1 Å². The summed E-state index contributed by atoms with van der Waals surface area (Å²) in [5.41, 5.74) is 1.19. The number of piperidine rings is 1. The van der Waals surface area contributed by atoms with Crippen molar-refractivity contribution in [1.82, 2.24) is 9.80 Å². The molecule has 2 amide bonds. The molecule has 0 aliphatic carbocycles. The summed E-state index contributed by atoms with van der Waals surface area (Å²) in [7, 11) is 1.67. The number of methoxy groups -OCH3 is 1. The third kappa shape index (κ3) is 4.53. The first-order chi connectivity index (χ1) is 14.7. The van der Waals surface area contributed by atoms with E-state index >= 15 is 0 Å². The first kappa shape index (κ1) is 20.9. The molecule has 160 valence electrons. The second kappa shape index (κ2) is 9.65. The van der Waals surface area contributed by atoms with Gasteiger partial charge >= 0.3 is 0 Å². The zero-order valence-electron chi connectivity index (χ0n) is 17.6. The summed E-state index contributed by atoms with van der Waals surface area (Å²) in [6.45, 7) is 2.15. The van der Waals surface area contributed by atoms with Gasteiger partial charge in [0.1, 0.15) is 5.75 Å². The summed E-state index contributed by atoms with van der Waals surface area (Å²) >= 11 is 1.48. The Labute approximate surface area is 182 Å². The third-order valence-electron chi connectivity index (χ3n) is 6.40. The Morgan fingerprint density at radius 2 is 1.73 bits per heavy atom. The quantitative estimate of drug-likeness (QED) is 0.709. The fourth-order valence-corrected chi connectivity index (χ4v) is 5.36. The number of hydrogen-bond acceptors (Lipinski definition) is 4. The third-order valence-corrected chi connectivity index (χ3v) is 7.26.